The van der Waals surface area contributed by atoms with E-state index in [0.717, 1.165) is 10.8 Å². The average molecular weight is 380 g/mol. The van der Waals surface area contributed by atoms with E-state index in [0.29, 0.717) is 5.92 Å². The van der Waals surface area contributed by atoms with E-state index in [1.165, 1.54) is 3.58 Å². The first-order chi connectivity index (χ1) is 5.06. The minimum absolute atomic E-state index is 0.253. The van der Waals surface area contributed by atoms with E-state index in [1.54, 1.807) is 0 Å². The Bertz CT molecular complexity index is 132. The second kappa shape index (κ2) is 6.65. The molecule has 11 heavy (non-hydrogen) atoms. The van der Waals surface area contributed by atoms with Gasteiger partial charge in [-0.15, -0.1) is 0 Å². The Kier molecular flexibility index (Phi) is 7.35. The number of allylic oxidation sites excluding steroid dienone is 1. The minimum Gasteiger partial charge on any atom is -0.389 e. The number of hydrogen-bond acceptors (Lipinski definition) is 1. The molecule has 0 saturated carbocycles. The van der Waals surface area contributed by atoms with Gasteiger partial charge in [-0.2, -0.15) is 0 Å². The number of rotatable bonds is 4. The Morgan fingerprint density at radius 3 is 2.45 bits per heavy atom. The predicted molar refractivity (Wildman–Crippen MR) is 66.5 cm³/mol. The molecule has 0 bridgehead atoms. The molecule has 0 rings (SSSR count). The minimum atomic E-state index is -0.253. The molecule has 0 heterocycles. The molecule has 0 aromatic rings. The zero-order valence-electron chi connectivity index (χ0n) is 6.85. The van der Waals surface area contributed by atoms with Gasteiger partial charge in [-0.25, -0.2) is 0 Å². The summed E-state index contributed by atoms with van der Waals surface area (Å²) in [6.07, 6.45) is 2.55. The van der Waals surface area contributed by atoms with E-state index in [1.807, 2.05) is 6.08 Å². The first kappa shape index (κ1) is 12.2. The molecule has 3 heteroatoms. The third kappa shape index (κ3) is 7.52. The maximum atomic E-state index is 9.44. The highest BCUT2D eigenvalue weighted by Gasteiger charge is 2.03. The zero-order chi connectivity index (χ0) is 8.85. The van der Waals surface area contributed by atoms with Gasteiger partial charge in [0.05, 0.1) is 6.10 Å². The second-order valence-electron chi connectivity index (χ2n) is 2.94. The van der Waals surface area contributed by atoms with Crippen LogP contribution in [0.25, 0.3) is 0 Å². The Hall–Kier alpha value is 1.16. The fraction of sp³-hybridized carbons (Fsp3) is 0.750. The van der Waals surface area contributed by atoms with E-state index in [9.17, 15) is 5.11 Å². The van der Waals surface area contributed by atoms with Crippen molar-refractivity contribution in [3.8, 4) is 0 Å². The molecule has 0 saturated heterocycles. The lowest BCUT2D eigenvalue weighted by atomic mass is 10.1. The van der Waals surface area contributed by atoms with Crippen LogP contribution in [0.5, 0.6) is 0 Å². The third-order valence-corrected chi connectivity index (χ3v) is 4.24. The Morgan fingerprint density at radius 1 is 1.55 bits per heavy atom. The van der Waals surface area contributed by atoms with Gasteiger partial charge in [-0.3, -0.25) is 0 Å². The van der Waals surface area contributed by atoms with Gasteiger partial charge in [0.25, 0.3) is 0 Å². The van der Waals surface area contributed by atoms with E-state index in [-0.39, 0.29) is 6.10 Å². The summed E-state index contributed by atoms with van der Waals surface area (Å²) >= 11 is 4.55. The molecule has 0 spiro atoms. The summed E-state index contributed by atoms with van der Waals surface area (Å²) in [6, 6.07) is 0. The molecular weight excluding hydrogens is 366 g/mol. The van der Waals surface area contributed by atoms with Gasteiger partial charge in [0.15, 0.2) is 0 Å². The fourth-order valence-electron chi connectivity index (χ4n) is 0.804. The average Bonchev–Trinajstić information content (AvgIpc) is 1.85. The Morgan fingerprint density at radius 2 is 2.09 bits per heavy atom. The maximum absolute atomic E-state index is 9.44. The number of alkyl halides is 1. The molecule has 1 unspecified atom stereocenters. The summed E-state index contributed by atoms with van der Waals surface area (Å²) in [4.78, 5) is 0. The van der Waals surface area contributed by atoms with Crippen LogP contribution < -0.4 is 0 Å². The summed E-state index contributed by atoms with van der Waals surface area (Å²) in [5.41, 5.74) is 0. The lowest BCUT2D eigenvalue weighted by Gasteiger charge is -2.08. The SMILES string of the molecule is CC(C)CC(O)/C=C(/I)CI. The maximum Gasteiger partial charge on any atom is 0.0733 e. The van der Waals surface area contributed by atoms with Crippen molar-refractivity contribution < 1.29 is 5.11 Å². The highest BCUT2D eigenvalue weighted by atomic mass is 127. The van der Waals surface area contributed by atoms with Crippen molar-refractivity contribution in [3.63, 3.8) is 0 Å². The van der Waals surface area contributed by atoms with Crippen LogP contribution in [0.1, 0.15) is 20.3 Å². The number of aliphatic hydroxyl groups is 1. The summed E-state index contributed by atoms with van der Waals surface area (Å²) in [5.74, 6) is 0.569. The van der Waals surface area contributed by atoms with Crippen LogP contribution >= 0.6 is 45.2 Å². The normalized spacial score (nSPS) is 15.6. The van der Waals surface area contributed by atoms with Crippen LogP contribution in [-0.4, -0.2) is 15.6 Å². The van der Waals surface area contributed by atoms with Crippen molar-refractivity contribution in [2.24, 2.45) is 5.92 Å². The van der Waals surface area contributed by atoms with Crippen LogP contribution in [0, 0.1) is 5.92 Å². The molecule has 0 radical (unpaired) electrons. The topological polar surface area (TPSA) is 20.2 Å². The van der Waals surface area contributed by atoms with Gasteiger partial charge in [0.1, 0.15) is 0 Å². The van der Waals surface area contributed by atoms with Gasteiger partial charge in [0.2, 0.25) is 0 Å². The highest BCUT2D eigenvalue weighted by Crippen LogP contribution is 2.13. The van der Waals surface area contributed by atoms with Crippen molar-refractivity contribution in [1.82, 2.24) is 0 Å². The molecule has 1 N–H and O–H groups in total. The third-order valence-electron chi connectivity index (χ3n) is 1.21. The molecule has 0 amide bonds. The van der Waals surface area contributed by atoms with Gasteiger partial charge in [-0.05, 0) is 44.6 Å². The molecule has 0 aliphatic heterocycles. The second-order valence-corrected chi connectivity index (χ2v) is 5.09. The summed E-state index contributed by atoms with van der Waals surface area (Å²) in [6.45, 7) is 4.24. The molecule has 0 aromatic carbocycles. The summed E-state index contributed by atoms with van der Waals surface area (Å²) in [5, 5.41) is 9.44. The van der Waals surface area contributed by atoms with E-state index >= 15 is 0 Å². The van der Waals surface area contributed by atoms with Crippen LogP contribution in [0.15, 0.2) is 9.66 Å². The number of halogens is 2. The van der Waals surface area contributed by atoms with E-state index in [4.69, 9.17) is 0 Å². The predicted octanol–water partition coefficient (Wildman–Crippen LogP) is 3.15. The number of hydrogen-bond donors (Lipinski definition) is 1. The summed E-state index contributed by atoms with van der Waals surface area (Å²) < 4.78 is 2.23. The van der Waals surface area contributed by atoms with Crippen LogP contribution in [0.3, 0.4) is 0 Å². The lowest BCUT2D eigenvalue weighted by molar-refractivity contribution is 0.195. The molecular formula is C8H14I2O. The molecule has 66 valence electrons. The van der Waals surface area contributed by atoms with E-state index < -0.39 is 0 Å². The quantitative estimate of drug-likeness (QED) is 0.587. The Balaban J connectivity index is 3.75. The van der Waals surface area contributed by atoms with Gasteiger partial charge >= 0.3 is 0 Å². The van der Waals surface area contributed by atoms with Crippen molar-refractivity contribution >= 4 is 45.2 Å². The van der Waals surface area contributed by atoms with Gasteiger partial charge in [0, 0.05) is 4.43 Å². The van der Waals surface area contributed by atoms with Crippen LogP contribution in [0.2, 0.25) is 0 Å². The molecule has 0 aliphatic rings. The van der Waals surface area contributed by atoms with Crippen molar-refractivity contribution in [2.45, 2.75) is 26.4 Å². The molecule has 0 aromatic heterocycles. The first-order valence-corrected chi connectivity index (χ1v) is 6.27. The molecule has 0 fully saturated rings. The zero-order valence-corrected chi connectivity index (χ0v) is 11.2. The standard InChI is InChI=1S/C8H14I2O/c1-6(2)3-8(11)4-7(10)5-9/h4,6,8,11H,3,5H2,1-2H3/b7-4+. The van der Waals surface area contributed by atoms with Gasteiger partial charge < -0.3 is 5.11 Å². The van der Waals surface area contributed by atoms with Crippen molar-refractivity contribution in [1.29, 1.82) is 0 Å². The molecule has 1 nitrogen and oxygen atoms in total. The summed E-state index contributed by atoms with van der Waals surface area (Å²) in [7, 11) is 0. The molecule has 0 aliphatic carbocycles. The first-order valence-electron chi connectivity index (χ1n) is 3.66. The monoisotopic (exact) mass is 380 g/mol. The van der Waals surface area contributed by atoms with Crippen molar-refractivity contribution in [3.05, 3.63) is 9.66 Å². The lowest BCUT2D eigenvalue weighted by Crippen LogP contribution is -2.06. The fourth-order valence-corrected chi connectivity index (χ4v) is 1.47. The number of aliphatic hydroxyl groups excluding tert-OH is 1. The van der Waals surface area contributed by atoms with Crippen molar-refractivity contribution in [2.75, 3.05) is 4.43 Å². The van der Waals surface area contributed by atoms with Gasteiger partial charge in [-0.1, -0.05) is 36.4 Å². The van der Waals surface area contributed by atoms with Crippen LogP contribution in [0.4, 0.5) is 0 Å². The molecule has 1 atom stereocenters. The Labute approximate surface area is 95.9 Å². The highest BCUT2D eigenvalue weighted by molar-refractivity contribution is 14.1. The largest absolute Gasteiger partial charge is 0.389 e. The van der Waals surface area contributed by atoms with Crippen LogP contribution in [-0.2, 0) is 0 Å². The smallest absolute Gasteiger partial charge is 0.0733 e. The van der Waals surface area contributed by atoms with E-state index in [2.05, 4.69) is 59.0 Å².